The molecule has 2 rings (SSSR count). The monoisotopic (exact) mass is 291 g/mol. The Bertz CT molecular complexity index is 515. The topological polar surface area (TPSA) is 48.4 Å². The number of rotatable bonds is 7. The van der Waals surface area contributed by atoms with Crippen LogP contribution in [0.1, 0.15) is 23.8 Å². The first-order chi connectivity index (χ1) is 9.69. The second kappa shape index (κ2) is 7.38. The SMILES string of the molecule is CNc1nc(CN(C)CC[C@@H](O)c2ccccc2)cs1. The lowest BCUT2D eigenvalue weighted by Crippen LogP contribution is -2.21. The van der Waals surface area contributed by atoms with E-state index in [4.69, 9.17) is 0 Å². The maximum Gasteiger partial charge on any atom is 0.182 e. The molecule has 0 aliphatic carbocycles. The molecule has 0 fully saturated rings. The van der Waals surface area contributed by atoms with E-state index < -0.39 is 6.10 Å². The zero-order valence-electron chi connectivity index (χ0n) is 11.9. The van der Waals surface area contributed by atoms with Crippen LogP contribution in [0, 0.1) is 0 Å². The van der Waals surface area contributed by atoms with Crippen molar-refractivity contribution >= 4 is 16.5 Å². The molecule has 108 valence electrons. The molecule has 1 heterocycles. The van der Waals surface area contributed by atoms with E-state index >= 15 is 0 Å². The van der Waals surface area contributed by atoms with E-state index in [9.17, 15) is 5.11 Å². The molecule has 20 heavy (non-hydrogen) atoms. The minimum Gasteiger partial charge on any atom is -0.388 e. The van der Waals surface area contributed by atoms with Crippen LogP contribution in [0.4, 0.5) is 5.13 Å². The maximum absolute atomic E-state index is 10.1. The van der Waals surface area contributed by atoms with Crippen LogP contribution in [0.25, 0.3) is 0 Å². The van der Waals surface area contributed by atoms with Gasteiger partial charge in [-0.3, -0.25) is 0 Å². The van der Waals surface area contributed by atoms with E-state index in [1.165, 1.54) is 0 Å². The standard InChI is InChI=1S/C15H21N3OS/c1-16-15-17-13(11-20-15)10-18(2)9-8-14(19)12-6-4-3-5-7-12/h3-7,11,14,19H,8-10H2,1-2H3,(H,16,17)/t14-/m1/s1. The van der Waals surface area contributed by atoms with Gasteiger partial charge >= 0.3 is 0 Å². The Morgan fingerprint density at radius 1 is 1.35 bits per heavy atom. The molecule has 1 atom stereocenters. The van der Waals surface area contributed by atoms with Gasteiger partial charge in [0, 0.05) is 25.5 Å². The van der Waals surface area contributed by atoms with Crippen LogP contribution in [-0.2, 0) is 6.54 Å². The molecule has 0 saturated carbocycles. The minimum atomic E-state index is -0.401. The Morgan fingerprint density at radius 3 is 2.75 bits per heavy atom. The summed E-state index contributed by atoms with van der Waals surface area (Å²) in [6.45, 7) is 1.64. The predicted octanol–water partition coefficient (Wildman–Crippen LogP) is 2.74. The average Bonchev–Trinajstić information content (AvgIpc) is 2.93. The van der Waals surface area contributed by atoms with Gasteiger partial charge in [0.25, 0.3) is 0 Å². The highest BCUT2D eigenvalue weighted by molar-refractivity contribution is 7.13. The lowest BCUT2D eigenvalue weighted by Gasteiger charge is -2.18. The first-order valence-corrected chi connectivity index (χ1v) is 7.60. The molecule has 0 aliphatic heterocycles. The molecule has 2 N–H and O–H groups in total. The number of nitrogens with one attached hydrogen (secondary N) is 1. The Hall–Kier alpha value is -1.43. The van der Waals surface area contributed by atoms with Crippen LogP contribution in [0.15, 0.2) is 35.7 Å². The van der Waals surface area contributed by atoms with Crippen LogP contribution in [0.3, 0.4) is 0 Å². The third-order valence-electron chi connectivity index (χ3n) is 3.17. The number of aliphatic hydroxyl groups excluding tert-OH is 1. The molecule has 2 aromatic rings. The van der Waals surface area contributed by atoms with Crippen molar-refractivity contribution in [1.29, 1.82) is 0 Å². The minimum absolute atomic E-state index is 0.401. The van der Waals surface area contributed by atoms with Crippen LogP contribution in [0.5, 0.6) is 0 Å². The molecule has 1 aromatic carbocycles. The quantitative estimate of drug-likeness (QED) is 0.823. The smallest absolute Gasteiger partial charge is 0.182 e. The lowest BCUT2D eigenvalue weighted by molar-refractivity contribution is 0.147. The maximum atomic E-state index is 10.1. The molecule has 0 radical (unpaired) electrons. The van der Waals surface area contributed by atoms with Crippen molar-refractivity contribution < 1.29 is 5.11 Å². The van der Waals surface area contributed by atoms with Crippen molar-refractivity contribution in [3.8, 4) is 0 Å². The van der Waals surface area contributed by atoms with Gasteiger partial charge in [0.15, 0.2) is 5.13 Å². The summed E-state index contributed by atoms with van der Waals surface area (Å²) >= 11 is 1.61. The molecule has 0 amide bonds. The number of anilines is 1. The predicted molar refractivity (Wildman–Crippen MR) is 84.0 cm³/mol. The van der Waals surface area contributed by atoms with Gasteiger partial charge in [-0.1, -0.05) is 30.3 Å². The van der Waals surface area contributed by atoms with Crippen molar-refractivity contribution in [3.05, 3.63) is 47.0 Å². The van der Waals surface area contributed by atoms with Gasteiger partial charge in [0.1, 0.15) is 0 Å². The number of hydrogen-bond acceptors (Lipinski definition) is 5. The van der Waals surface area contributed by atoms with E-state index in [1.54, 1.807) is 11.3 Å². The summed E-state index contributed by atoms with van der Waals surface area (Å²) in [5.41, 5.74) is 2.04. The first kappa shape index (κ1) is 15.0. The summed E-state index contributed by atoms with van der Waals surface area (Å²) in [5.74, 6) is 0. The van der Waals surface area contributed by atoms with Crippen LogP contribution < -0.4 is 5.32 Å². The fourth-order valence-electron chi connectivity index (χ4n) is 2.03. The van der Waals surface area contributed by atoms with Gasteiger partial charge in [-0.05, 0) is 19.0 Å². The van der Waals surface area contributed by atoms with Crippen molar-refractivity contribution in [3.63, 3.8) is 0 Å². The number of hydrogen-bond donors (Lipinski definition) is 2. The van der Waals surface area contributed by atoms with Crippen molar-refractivity contribution in [1.82, 2.24) is 9.88 Å². The Balaban J connectivity index is 1.78. The van der Waals surface area contributed by atoms with Gasteiger partial charge in [-0.15, -0.1) is 11.3 Å². The second-order valence-corrected chi connectivity index (χ2v) is 5.71. The van der Waals surface area contributed by atoms with Gasteiger partial charge in [-0.25, -0.2) is 4.98 Å². The number of aliphatic hydroxyl groups is 1. The molecule has 0 aliphatic rings. The number of benzene rings is 1. The van der Waals surface area contributed by atoms with Crippen LogP contribution in [0.2, 0.25) is 0 Å². The number of nitrogens with zero attached hydrogens (tertiary/aromatic N) is 2. The van der Waals surface area contributed by atoms with Crippen LogP contribution in [-0.4, -0.2) is 35.6 Å². The number of aromatic nitrogens is 1. The van der Waals surface area contributed by atoms with E-state index in [0.29, 0.717) is 0 Å². The fourth-order valence-corrected chi connectivity index (χ4v) is 2.70. The molecule has 0 saturated heterocycles. The summed E-state index contributed by atoms with van der Waals surface area (Å²) in [6, 6.07) is 9.80. The third kappa shape index (κ3) is 4.30. The fraction of sp³-hybridized carbons (Fsp3) is 0.400. The summed E-state index contributed by atoms with van der Waals surface area (Å²) in [7, 11) is 3.93. The first-order valence-electron chi connectivity index (χ1n) is 6.72. The highest BCUT2D eigenvalue weighted by atomic mass is 32.1. The lowest BCUT2D eigenvalue weighted by atomic mass is 10.1. The summed E-state index contributed by atoms with van der Waals surface area (Å²) < 4.78 is 0. The van der Waals surface area contributed by atoms with Crippen molar-refractivity contribution in [2.24, 2.45) is 0 Å². The molecule has 5 heteroatoms. The highest BCUT2D eigenvalue weighted by Crippen LogP contribution is 2.18. The molecule has 0 bridgehead atoms. The molecule has 1 aromatic heterocycles. The Labute approximate surface area is 124 Å². The van der Waals surface area contributed by atoms with Gasteiger partial charge in [0.2, 0.25) is 0 Å². The highest BCUT2D eigenvalue weighted by Gasteiger charge is 2.10. The molecular weight excluding hydrogens is 270 g/mol. The van der Waals surface area contributed by atoms with Crippen molar-refractivity contribution in [2.75, 3.05) is 26.0 Å². The largest absolute Gasteiger partial charge is 0.388 e. The van der Waals surface area contributed by atoms with Gasteiger partial charge in [0.05, 0.1) is 11.8 Å². The Kier molecular flexibility index (Phi) is 5.52. The molecule has 0 spiro atoms. The molecule has 4 nitrogen and oxygen atoms in total. The second-order valence-electron chi connectivity index (χ2n) is 4.85. The number of thiazole rings is 1. The summed E-state index contributed by atoms with van der Waals surface area (Å²) in [5, 5.41) is 16.2. The van der Waals surface area contributed by atoms with E-state index in [2.05, 4.69) is 27.6 Å². The molecular formula is C15H21N3OS. The van der Waals surface area contributed by atoms with Crippen molar-refractivity contribution in [2.45, 2.75) is 19.1 Å². The molecule has 0 unspecified atom stereocenters. The van der Waals surface area contributed by atoms with E-state index in [0.717, 1.165) is 35.9 Å². The third-order valence-corrected chi connectivity index (χ3v) is 4.07. The van der Waals surface area contributed by atoms with Gasteiger partial charge < -0.3 is 15.3 Å². The van der Waals surface area contributed by atoms with Gasteiger partial charge in [-0.2, -0.15) is 0 Å². The summed E-state index contributed by atoms with van der Waals surface area (Å²) in [6.07, 6.45) is 0.325. The summed E-state index contributed by atoms with van der Waals surface area (Å²) in [4.78, 5) is 6.64. The zero-order valence-corrected chi connectivity index (χ0v) is 12.7. The Morgan fingerprint density at radius 2 is 2.10 bits per heavy atom. The average molecular weight is 291 g/mol. The van der Waals surface area contributed by atoms with Crippen LogP contribution >= 0.6 is 11.3 Å². The zero-order chi connectivity index (χ0) is 14.4. The normalized spacial score (nSPS) is 12.6. The van der Waals surface area contributed by atoms with E-state index in [1.807, 2.05) is 37.4 Å². The van der Waals surface area contributed by atoms with E-state index in [-0.39, 0.29) is 0 Å².